The van der Waals surface area contributed by atoms with Gasteiger partial charge in [0, 0.05) is 26.6 Å². The first kappa shape index (κ1) is 19.9. The molecule has 1 heterocycles. The number of esters is 1. The summed E-state index contributed by atoms with van der Waals surface area (Å²) >= 11 is 0. The van der Waals surface area contributed by atoms with Crippen LogP contribution in [-0.4, -0.2) is 60.9 Å². The normalized spacial score (nSPS) is 17.1. The van der Waals surface area contributed by atoms with E-state index in [1.807, 2.05) is 6.07 Å². The molecule has 0 N–H and O–H groups in total. The molecule has 1 aromatic rings. The monoisotopic (exact) mass is 364 g/mol. The van der Waals surface area contributed by atoms with Crippen molar-refractivity contribution in [1.82, 2.24) is 9.80 Å². The summed E-state index contributed by atoms with van der Waals surface area (Å²) in [5.41, 5.74) is 0.811. The van der Waals surface area contributed by atoms with E-state index in [1.165, 1.54) is 17.0 Å². The van der Waals surface area contributed by atoms with Crippen LogP contribution in [0.25, 0.3) is 0 Å². The Morgan fingerprint density at radius 3 is 2.85 bits per heavy atom. The van der Waals surface area contributed by atoms with Gasteiger partial charge >= 0.3 is 5.97 Å². The van der Waals surface area contributed by atoms with Gasteiger partial charge in [-0.15, -0.1) is 0 Å². The SMILES string of the molecule is CCOC(=O)CN(C)C(=O)[C@H]1CCC(=O)N(CCc2cccc(F)c2)C1. The summed E-state index contributed by atoms with van der Waals surface area (Å²) in [6.45, 7) is 2.64. The van der Waals surface area contributed by atoms with E-state index in [9.17, 15) is 18.8 Å². The number of rotatable bonds is 7. The van der Waals surface area contributed by atoms with Gasteiger partial charge in [-0.25, -0.2) is 4.39 Å². The lowest BCUT2D eigenvalue weighted by Gasteiger charge is -2.33. The molecule has 0 spiro atoms. The van der Waals surface area contributed by atoms with Crippen LogP contribution in [0, 0.1) is 11.7 Å². The van der Waals surface area contributed by atoms with E-state index in [-0.39, 0.29) is 36.7 Å². The second-order valence-corrected chi connectivity index (χ2v) is 6.45. The quantitative estimate of drug-likeness (QED) is 0.690. The number of carbonyl (C=O) groups excluding carboxylic acids is 3. The first-order chi connectivity index (χ1) is 12.4. The average Bonchev–Trinajstić information content (AvgIpc) is 2.60. The van der Waals surface area contributed by atoms with Crippen molar-refractivity contribution in [3.63, 3.8) is 0 Å². The number of hydrogen-bond donors (Lipinski definition) is 0. The lowest BCUT2D eigenvalue weighted by molar-refractivity contribution is -0.151. The Balaban J connectivity index is 1.90. The van der Waals surface area contributed by atoms with Gasteiger partial charge in [0.1, 0.15) is 12.4 Å². The second-order valence-electron chi connectivity index (χ2n) is 6.45. The van der Waals surface area contributed by atoms with Crippen molar-refractivity contribution in [2.45, 2.75) is 26.2 Å². The van der Waals surface area contributed by atoms with E-state index < -0.39 is 5.97 Å². The summed E-state index contributed by atoms with van der Waals surface area (Å²) in [5, 5.41) is 0. The van der Waals surface area contributed by atoms with Gasteiger partial charge in [-0.1, -0.05) is 12.1 Å². The predicted octanol–water partition coefficient (Wildman–Crippen LogP) is 1.63. The number of carbonyl (C=O) groups is 3. The minimum Gasteiger partial charge on any atom is -0.465 e. The molecule has 2 amide bonds. The smallest absolute Gasteiger partial charge is 0.325 e. The zero-order valence-corrected chi connectivity index (χ0v) is 15.2. The van der Waals surface area contributed by atoms with Gasteiger partial charge in [-0.3, -0.25) is 14.4 Å². The van der Waals surface area contributed by atoms with Crippen molar-refractivity contribution < 1.29 is 23.5 Å². The maximum absolute atomic E-state index is 13.3. The Morgan fingerprint density at radius 1 is 1.38 bits per heavy atom. The van der Waals surface area contributed by atoms with Crippen LogP contribution in [0.2, 0.25) is 0 Å². The molecule has 0 bridgehead atoms. The van der Waals surface area contributed by atoms with Crippen molar-refractivity contribution >= 4 is 17.8 Å². The number of likely N-dealkylation sites (tertiary alicyclic amines) is 1. The van der Waals surface area contributed by atoms with Gasteiger partial charge in [0.05, 0.1) is 12.5 Å². The molecule has 1 aliphatic rings. The first-order valence-electron chi connectivity index (χ1n) is 8.83. The molecule has 1 aromatic carbocycles. The molecule has 1 aliphatic heterocycles. The fourth-order valence-corrected chi connectivity index (χ4v) is 3.08. The molecule has 142 valence electrons. The average molecular weight is 364 g/mol. The molecule has 0 unspecified atom stereocenters. The molecule has 2 rings (SSSR count). The topological polar surface area (TPSA) is 66.9 Å². The van der Waals surface area contributed by atoms with Gasteiger partial charge in [-0.2, -0.15) is 0 Å². The Morgan fingerprint density at radius 2 is 2.15 bits per heavy atom. The predicted molar refractivity (Wildman–Crippen MR) is 93.7 cm³/mol. The van der Waals surface area contributed by atoms with E-state index in [0.29, 0.717) is 32.4 Å². The van der Waals surface area contributed by atoms with E-state index in [1.54, 1.807) is 24.9 Å². The van der Waals surface area contributed by atoms with E-state index in [4.69, 9.17) is 4.74 Å². The highest BCUT2D eigenvalue weighted by molar-refractivity contribution is 5.86. The molecule has 0 aliphatic carbocycles. The van der Waals surface area contributed by atoms with Gasteiger partial charge in [-0.05, 0) is 37.5 Å². The van der Waals surface area contributed by atoms with Crippen LogP contribution in [0.3, 0.4) is 0 Å². The van der Waals surface area contributed by atoms with Gasteiger partial charge in [0.2, 0.25) is 11.8 Å². The molecule has 0 aromatic heterocycles. The highest BCUT2D eigenvalue weighted by Crippen LogP contribution is 2.20. The van der Waals surface area contributed by atoms with Crippen LogP contribution in [0.4, 0.5) is 4.39 Å². The van der Waals surface area contributed by atoms with Crippen molar-refractivity contribution in [2.24, 2.45) is 5.92 Å². The van der Waals surface area contributed by atoms with Crippen molar-refractivity contribution in [3.8, 4) is 0 Å². The number of halogens is 1. The third kappa shape index (κ3) is 5.54. The van der Waals surface area contributed by atoms with E-state index in [2.05, 4.69) is 0 Å². The molecule has 26 heavy (non-hydrogen) atoms. The lowest BCUT2D eigenvalue weighted by Crippen LogP contribution is -2.47. The number of likely N-dealkylation sites (N-methyl/N-ethyl adjacent to an activating group) is 1. The Labute approximate surface area is 152 Å². The third-order valence-electron chi connectivity index (χ3n) is 4.46. The maximum Gasteiger partial charge on any atom is 0.325 e. The number of piperidine rings is 1. The summed E-state index contributed by atoms with van der Waals surface area (Å²) in [7, 11) is 1.56. The Kier molecular flexibility index (Phi) is 7.12. The van der Waals surface area contributed by atoms with Crippen LogP contribution in [0.1, 0.15) is 25.3 Å². The lowest BCUT2D eigenvalue weighted by atomic mass is 9.95. The van der Waals surface area contributed by atoms with E-state index in [0.717, 1.165) is 5.56 Å². The molecule has 1 atom stereocenters. The van der Waals surface area contributed by atoms with Crippen LogP contribution < -0.4 is 0 Å². The van der Waals surface area contributed by atoms with Crippen LogP contribution in [-0.2, 0) is 25.5 Å². The van der Waals surface area contributed by atoms with Gasteiger partial charge < -0.3 is 14.5 Å². The minimum atomic E-state index is -0.446. The Bertz CT molecular complexity index is 665. The molecule has 0 saturated carbocycles. The summed E-state index contributed by atoms with van der Waals surface area (Å²) < 4.78 is 18.1. The maximum atomic E-state index is 13.3. The molecule has 6 nitrogen and oxygen atoms in total. The number of nitrogens with zero attached hydrogens (tertiary/aromatic N) is 2. The third-order valence-corrected chi connectivity index (χ3v) is 4.46. The summed E-state index contributed by atoms with van der Waals surface area (Å²) in [6, 6.07) is 6.28. The second kappa shape index (κ2) is 9.31. The number of amides is 2. The van der Waals surface area contributed by atoms with Crippen molar-refractivity contribution in [2.75, 3.05) is 33.3 Å². The number of benzene rings is 1. The fraction of sp³-hybridized carbons (Fsp3) is 0.526. The summed E-state index contributed by atoms with van der Waals surface area (Å²) in [6.07, 6.45) is 1.30. The zero-order chi connectivity index (χ0) is 19.1. The minimum absolute atomic E-state index is 0.00139. The molecular formula is C19H25FN2O4. The first-order valence-corrected chi connectivity index (χ1v) is 8.83. The highest BCUT2D eigenvalue weighted by Gasteiger charge is 2.32. The van der Waals surface area contributed by atoms with Gasteiger partial charge in [0.15, 0.2) is 0 Å². The molecule has 1 saturated heterocycles. The van der Waals surface area contributed by atoms with Gasteiger partial charge in [0.25, 0.3) is 0 Å². The fourth-order valence-electron chi connectivity index (χ4n) is 3.08. The van der Waals surface area contributed by atoms with Crippen LogP contribution in [0.15, 0.2) is 24.3 Å². The number of ether oxygens (including phenoxy) is 1. The summed E-state index contributed by atoms with van der Waals surface area (Å²) in [5.74, 6) is -1.25. The molecule has 7 heteroatoms. The molecule has 1 fully saturated rings. The number of hydrogen-bond acceptors (Lipinski definition) is 4. The Hall–Kier alpha value is -2.44. The molecular weight excluding hydrogens is 339 g/mol. The van der Waals surface area contributed by atoms with Crippen molar-refractivity contribution in [1.29, 1.82) is 0 Å². The largest absolute Gasteiger partial charge is 0.465 e. The van der Waals surface area contributed by atoms with Crippen LogP contribution in [0.5, 0.6) is 0 Å². The zero-order valence-electron chi connectivity index (χ0n) is 15.2. The van der Waals surface area contributed by atoms with Crippen molar-refractivity contribution in [3.05, 3.63) is 35.6 Å². The molecule has 0 radical (unpaired) electrons. The van der Waals surface area contributed by atoms with Crippen LogP contribution >= 0.6 is 0 Å². The highest BCUT2D eigenvalue weighted by atomic mass is 19.1. The summed E-state index contributed by atoms with van der Waals surface area (Å²) in [4.78, 5) is 39.2. The standard InChI is InChI=1S/C19H25FN2O4/c1-3-26-18(24)13-21(2)19(25)15-7-8-17(23)22(12-15)10-9-14-5-4-6-16(20)11-14/h4-6,11,15H,3,7-10,12-13H2,1-2H3/t15-/m0/s1. The van der Waals surface area contributed by atoms with E-state index >= 15 is 0 Å².